The Morgan fingerprint density at radius 1 is 0.865 bits per heavy atom. The number of ether oxygens (including phenoxy) is 2. The molecule has 0 saturated carbocycles. The maximum absolute atomic E-state index is 12.6. The highest BCUT2D eigenvalue weighted by Gasteiger charge is 2.31. The molecule has 0 unspecified atom stereocenters. The van der Waals surface area contributed by atoms with Crippen LogP contribution in [0.1, 0.15) is 45.7 Å². The predicted molar refractivity (Wildman–Crippen MR) is 124 cm³/mol. The fourth-order valence-corrected chi connectivity index (χ4v) is 2.38. The third-order valence-electron chi connectivity index (χ3n) is 4.25. The minimum absolute atomic E-state index is 0.0630. The molecule has 1 heterocycles. The second-order valence-corrected chi connectivity index (χ2v) is 6.96. The zero-order valence-corrected chi connectivity index (χ0v) is 20.2. The number of morpholine rings is 1. The number of carbonyl (C=O) groups excluding carboxylic acids is 2. The monoisotopic (exact) mass is 542 g/mol. The summed E-state index contributed by atoms with van der Waals surface area (Å²) in [7, 11) is 0. The highest BCUT2D eigenvalue weighted by Crippen LogP contribution is 2.31. The van der Waals surface area contributed by atoms with E-state index in [-0.39, 0.29) is 23.1 Å². The number of alkyl halides is 6. The molecule has 3 N–H and O–H groups in total. The standard InChI is InChI=1S/C8H4F4O.C8H6F3NO.C4H9NO.C4H10O/c9-7-3-6(8(10,11)12)2-1-5(7)4-13;9-8(10,11)6-2-1-5(4-13)7(12)3-6;1-3-6-4-2-5-1;1-3-5-4-2/h1-4H;1-4H,12H2;5H,1-4H2;3-4H2,1-2H3. The van der Waals surface area contributed by atoms with Crippen molar-refractivity contribution in [2.24, 2.45) is 0 Å². The minimum atomic E-state index is -4.58. The van der Waals surface area contributed by atoms with Gasteiger partial charge in [0.25, 0.3) is 0 Å². The number of carbonyl (C=O) groups is 2. The van der Waals surface area contributed by atoms with Gasteiger partial charge in [0.05, 0.1) is 29.9 Å². The molecule has 0 aromatic heterocycles. The van der Waals surface area contributed by atoms with E-state index in [1.165, 1.54) is 0 Å². The Bertz CT molecular complexity index is 867. The Morgan fingerprint density at radius 3 is 1.59 bits per heavy atom. The zero-order valence-electron chi connectivity index (χ0n) is 20.2. The van der Waals surface area contributed by atoms with Gasteiger partial charge in [-0.1, -0.05) is 0 Å². The summed E-state index contributed by atoms with van der Waals surface area (Å²) >= 11 is 0. The summed E-state index contributed by atoms with van der Waals surface area (Å²) in [6.45, 7) is 9.50. The Balaban J connectivity index is 0.000000505. The van der Waals surface area contributed by atoms with Gasteiger partial charge in [0.2, 0.25) is 0 Å². The molecule has 6 nitrogen and oxygen atoms in total. The van der Waals surface area contributed by atoms with Gasteiger partial charge in [-0.25, -0.2) is 4.39 Å². The summed E-state index contributed by atoms with van der Waals surface area (Å²) in [6.07, 6.45) is -8.43. The first-order chi connectivity index (χ1) is 17.3. The van der Waals surface area contributed by atoms with Gasteiger partial charge in [0, 0.05) is 37.6 Å². The Hall–Kier alpha value is -3.03. The average Bonchev–Trinajstić information content (AvgIpc) is 2.85. The number of anilines is 1. The highest BCUT2D eigenvalue weighted by atomic mass is 19.4. The third-order valence-corrected chi connectivity index (χ3v) is 4.25. The molecule has 1 aliphatic heterocycles. The normalized spacial score (nSPS) is 13.0. The lowest BCUT2D eigenvalue weighted by molar-refractivity contribution is -0.138. The molecule has 208 valence electrons. The number of nitrogens with two attached hydrogens (primary N) is 1. The second-order valence-electron chi connectivity index (χ2n) is 6.96. The molecule has 2 aromatic carbocycles. The van der Waals surface area contributed by atoms with Crippen molar-refractivity contribution >= 4 is 18.3 Å². The minimum Gasteiger partial charge on any atom is -0.398 e. The first kappa shape index (κ1) is 34.0. The molecular weight excluding hydrogens is 513 g/mol. The van der Waals surface area contributed by atoms with Gasteiger partial charge >= 0.3 is 12.4 Å². The van der Waals surface area contributed by atoms with Crippen molar-refractivity contribution in [3.05, 3.63) is 64.5 Å². The molecule has 0 spiro atoms. The van der Waals surface area contributed by atoms with Crippen molar-refractivity contribution in [3.63, 3.8) is 0 Å². The molecule has 1 saturated heterocycles. The molecule has 1 aliphatic rings. The van der Waals surface area contributed by atoms with Crippen LogP contribution in [0.3, 0.4) is 0 Å². The predicted octanol–water partition coefficient (Wildman–Crippen LogP) is 5.41. The summed E-state index contributed by atoms with van der Waals surface area (Å²) in [4.78, 5) is 20.3. The number of rotatable bonds is 4. The van der Waals surface area contributed by atoms with Crippen LogP contribution in [0.15, 0.2) is 36.4 Å². The van der Waals surface area contributed by atoms with Crippen LogP contribution in [-0.2, 0) is 21.8 Å². The van der Waals surface area contributed by atoms with Crippen LogP contribution in [0.2, 0.25) is 0 Å². The zero-order chi connectivity index (χ0) is 28.5. The lowest BCUT2D eigenvalue weighted by atomic mass is 10.1. The molecule has 0 atom stereocenters. The maximum atomic E-state index is 12.6. The van der Waals surface area contributed by atoms with E-state index < -0.39 is 29.3 Å². The molecule has 0 aliphatic carbocycles. The maximum Gasteiger partial charge on any atom is 0.416 e. The van der Waals surface area contributed by atoms with Gasteiger partial charge in [-0.3, -0.25) is 9.59 Å². The number of nitrogen functional groups attached to an aromatic ring is 1. The van der Waals surface area contributed by atoms with Crippen LogP contribution in [0, 0.1) is 5.82 Å². The molecular formula is C24H29F7N2O4. The lowest BCUT2D eigenvalue weighted by Crippen LogP contribution is -2.30. The molecule has 37 heavy (non-hydrogen) atoms. The van der Waals surface area contributed by atoms with Crippen LogP contribution in [0.5, 0.6) is 0 Å². The lowest BCUT2D eigenvalue weighted by Gasteiger charge is -2.10. The summed E-state index contributed by atoms with van der Waals surface area (Å²) in [5.41, 5.74) is 2.76. The number of nitrogens with one attached hydrogen (secondary N) is 1. The number of hydrogen-bond acceptors (Lipinski definition) is 6. The average molecular weight is 542 g/mol. The van der Waals surface area contributed by atoms with Crippen LogP contribution in [-0.4, -0.2) is 52.1 Å². The number of hydrogen-bond donors (Lipinski definition) is 2. The SMILES string of the molecule is C1COCCN1.CCOCC.Nc1cc(C(F)(F)F)ccc1C=O.O=Cc1ccc(C(F)(F)F)cc1F. The summed E-state index contributed by atoms with van der Waals surface area (Å²) in [5, 5.41) is 3.16. The van der Waals surface area contributed by atoms with Crippen molar-refractivity contribution in [2.45, 2.75) is 26.2 Å². The van der Waals surface area contributed by atoms with Gasteiger partial charge in [-0.15, -0.1) is 0 Å². The van der Waals surface area contributed by atoms with E-state index in [2.05, 4.69) is 5.32 Å². The second kappa shape index (κ2) is 17.4. The molecule has 1 fully saturated rings. The van der Waals surface area contributed by atoms with Gasteiger partial charge in [-0.05, 0) is 50.2 Å². The Labute approximate surface area is 209 Å². The van der Waals surface area contributed by atoms with Gasteiger partial charge in [0.15, 0.2) is 12.6 Å². The molecule has 0 radical (unpaired) electrons. The van der Waals surface area contributed by atoms with E-state index in [1.54, 1.807) is 0 Å². The first-order valence-corrected chi connectivity index (χ1v) is 10.9. The molecule has 0 bridgehead atoms. The first-order valence-electron chi connectivity index (χ1n) is 10.9. The van der Waals surface area contributed by atoms with Crippen LogP contribution in [0.4, 0.5) is 36.4 Å². The van der Waals surface area contributed by atoms with Crippen molar-refractivity contribution < 1.29 is 49.8 Å². The topological polar surface area (TPSA) is 90.7 Å². The summed E-state index contributed by atoms with van der Waals surface area (Å²) in [6, 6.07) is 4.36. The van der Waals surface area contributed by atoms with Crippen LogP contribution in [0.25, 0.3) is 0 Å². The molecule has 13 heteroatoms. The van der Waals surface area contributed by atoms with Crippen molar-refractivity contribution in [1.29, 1.82) is 0 Å². The van der Waals surface area contributed by atoms with Crippen molar-refractivity contribution in [2.75, 3.05) is 45.3 Å². The summed E-state index contributed by atoms with van der Waals surface area (Å²) < 4.78 is 94.5. The highest BCUT2D eigenvalue weighted by molar-refractivity contribution is 5.83. The Morgan fingerprint density at radius 2 is 1.32 bits per heavy atom. The van der Waals surface area contributed by atoms with E-state index in [1.807, 2.05) is 13.8 Å². The van der Waals surface area contributed by atoms with Crippen LogP contribution >= 0.6 is 0 Å². The van der Waals surface area contributed by atoms with Gasteiger partial charge < -0.3 is 20.5 Å². The molecule has 0 amide bonds. The summed E-state index contributed by atoms with van der Waals surface area (Å²) in [5.74, 6) is -1.16. The van der Waals surface area contributed by atoms with Crippen molar-refractivity contribution in [3.8, 4) is 0 Å². The molecule has 3 rings (SSSR count). The van der Waals surface area contributed by atoms with E-state index in [9.17, 15) is 40.3 Å². The van der Waals surface area contributed by atoms with E-state index in [4.69, 9.17) is 15.2 Å². The van der Waals surface area contributed by atoms with Gasteiger partial charge in [0.1, 0.15) is 5.82 Å². The van der Waals surface area contributed by atoms with E-state index in [0.717, 1.165) is 63.8 Å². The smallest absolute Gasteiger partial charge is 0.398 e. The number of benzene rings is 2. The number of aldehydes is 2. The fraction of sp³-hybridized carbons (Fsp3) is 0.417. The Kier molecular flexibility index (Phi) is 16.0. The van der Waals surface area contributed by atoms with E-state index in [0.29, 0.717) is 18.4 Å². The van der Waals surface area contributed by atoms with Gasteiger partial charge in [-0.2, -0.15) is 26.3 Å². The van der Waals surface area contributed by atoms with Crippen LogP contribution < -0.4 is 11.1 Å². The van der Waals surface area contributed by atoms with Crippen molar-refractivity contribution in [1.82, 2.24) is 5.32 Å². The third kappa shape index (κ3) is 14.3. The number of halogens is 7. The van der Waals surface area contributed by atoms with E-state index >= 15 is 0 Å². The molecule has 2 aromatic rings. The fourth-order valence-electron chi connectivity index (χ4n) is 2.38. The quantitative estimate of drug-likeness (QED) is 0.305. The largest absolute Gasteiger partial charge is 0.416 e.